The lowest BCUT2D eigenvalue weighted by atomic mass is 9.71. The van der Waals surface area contributed by atoms with Gasteiger partial charge in [0.15, 0.2) is 8.32 Å². The van der Waals surface area contributed by atoms with E-state index in [9.17, 15) is 10.1 Å². The minimum absolute atomic E-state index is 0.0359. The SMILES string of the molecule is CC(C)(C)[Si](C)(C)OCC1CCC(C(C#N)(COC(N)=O)Cc2ccccc2)C1. The molecule has 0 heterocycles. The molecular weight excluding hydrogens is 380 g/mol. The summed E-state index contributed by atoms with van der Waals surface area (Å²) < 4.78 is 11.6. The number of nitrogens with zero attached hydrogens (tertiary/aromatic N) is 1. The van der Waals surface area contributed by atoms with Gasteiger partial charge in [0.1, 0.15) is 6.61 Å². The van der Waals surface area contributed by atoms with Gasteiger partial charge in [-0.15, -0.1) is 0 Å². The number of ether oxygens (including phenoxy) is 1. The molecular formula is C23H36N2O3Si. The second-order valence-electron chi connectivity index (χ2n) is 9.99. The van der Waals surface area contributed by atoms with Crippen LogP contribution in [-0.2, 0) is 15.6 Å². The molecule has 1 aromatic carbocycles. The van der Waals surface area contributed by atoms with E-state index in [2.05, 4.69) is 39.9 Å². The number of benzene rings is 1. The number of nitriles is 1. The summed E-state index contributed by atoms with van der Waals surface area (Å²) in [5.41, 5.74) is 5.53. The summed E-state index contributed by atoms with van der Waals surface area (Å²) >= 11 is 0. The van der Waals surface area contributed by atoms with Crippen LogP contribution in [-0.4, -0.2) is 27.6 Å². The van der Waals surface area contributed by atoms with Crippen LogP contribution >= 0.6 is 0 Å². The fourth-order valence-electron chi connectivity index (χ4n) is 3.91. The lowest BCUT2D eigenvalue weighted by Crippen LogP contribution is -2.42. The second-order valence-corrected chi connectivity index (χ2v) is 14.8. The van der Waals surface area contributed by atoms with Crippen molar-refractivity contribution in [3.8, 4) is 6.07 Å². The highest BCUT2D eigenvalue weighted by Crippen LogP contribution is 2.46. The Labute approximate surface area is 176 Å². The lowest BCUT2D eigenvalue weighted by Gasteiger charge is -2.37. The number of carbonyl (C=O) groups is 1. The van der Waals surface area contributed by atoms with Crippen LogP contribution in [0.3, 0.4) is 0 Å². The van der Waals surface area contributed by atoms with Crippen molar-refractivity contribution >= 4 is 14.4 Å². The average Bonchev–Trinajstić information content (AvgIpc) is 3.13. The van der Waals surface area contributed by atoms with E-state index in [0.717, 1.165) is 31.4 Å². The molecule has 1 aliphatic rings. The predicted molar refractivity (Wildman–Crippen MR) is 118 cm³/mol. The number of carbonyl (C=O) groups excluding carboxylic acids is 1. The number of nitrogens with two attached hydrogens (primary N) is 1. The van der Waals surface area contributed by atoms with Crippen molar-refractivity contribution in [2.24, 2.45) is 23.0 Å². The molecule has 29 heavy (non-hydrogen) atoms. The Morgan fingerprint density at radius 2 is 1.90 bits per heavy atom. The van der Waals surface area contributed by atoms with Gasteiger partial charge in [-0.3, -0.25) is 0 Å². The molecule has 0 saturated heterocycles. The highest BCUT2D eigenvalue weighted by atomic mass is 28.4. The summed E-state index contributed by atoms with van der Waals surface area (Å²) in [6.07, 6.45) is 2.62. The highest BCUT2D eigenvalue weighted by molar-refractivity contribution is 6.74. The third kappa shape index (κ3) is 6.07. The van der Waals surface area contributed by atoms with Crippen LogP contribution in [0, 0.1) is 28.6 Å². The lowest BCUT2D eigenvalue weighted by molar-refractivity contribution is 0.0805. The Morgan fingerprint density at radius 1 is 1.24 bits per heavy atom. The summed E-state index contributed by atoms with van der Waals surface area (Å²) in [5, 5.41) is 10.3. The molecule has 0 spiro atoms. The van der Waals surface area contributed by atoms with E-state index in [-0.39, 0.29) is 17.6 Å². The van der Waals surface area contributed by atoms with Crippen molar-refractivity contribution in [1.82, 2.24) is 0 Å². The largest absolute Gasteiger partial charge is 0.448 e. The quantitative estimate of drug-likeness (QED) is 0.585. The van der Waals surface area contributed by atoms with Crippen LogP contribution in [0.1, 0.15) is 45.6 Å². The van der Waals surface area contributed by atoms with Crippen LogP contribution in [0.25, 0.3) is 0 Å². The Hall–Kier alpha value is -1.84. The van der Waals surface area contributed by atoms with Crippen LogP contribution in [0.2, 0.25) is 18.1 Å². The van der Waals surface area contributed by atoms with Crippen LogP contribution in [0.15, 0.2) is 30.3 Å². The third-order valence-corrected chi connectivity index (χ3v) is 11.4. The minimum atomic E-state index is -1.79. The first-order chi connectivity index (χ1) is 13.5. The summed E-state index contributed by atoms with van der Waals surface area (Å²) in [6, 6.07) is 12.4. The van der Waals surface area contributed by atoms with Crippen molar-refractivity contribution in [2.75, 3.05) is 13.2 Å². The molecule has 0 aliphatic heterocycles. The molecule has 160 valence electrons. The molecule has 6 heteroatoms. The summed E-state index contributed by atoms with van der Waals surface area (Å²) in [7, 11) is -1.79. The summed E-state index contributed by atoms with van der Waals surface area (Å²) in [6.45, 7) is 12.1. The number of hydrogen-bond acceptors (Lipinski definition) is 4. The van der Waals surface area contributed by atoms with Gasteiger partial charge in [-0.05, 0) is 61.2 Å². The van der Waals surface area contributed by atoms with Gasteiger partial charge in [0.05, 0.1) is 11.5 Å². The molecule has 1 amide bonds. The van der Waals surface area contributed by atoms with Gasteiger partial charge < -0.3 is 14.9 Å². The fraction of sp³-hybridized carbons (Fsp3) is 0.652. The molecule has 2 N–H and O–H groups in total. The van der Waals surface area contributed by atoms with Gasteiger partial charge in [0.2, 0.25) is 0 Å². The van der Waals surface area contributed by atoms with E-state index in [1.54, 1.807) is 0 Å². The maximum atomic E-state index is 11.3. The normalized spacial score (nSPS) is 21.9. The van der Waals surface area contributed by atoms with Crippen molar-refractivity contribution in [3.05, 3.63) is 35.9 Å². The standard InChI is InChI=1S/C23H36N2O3Si/c1-22(2,3)29(4,5)28-15-19-11-12-20(13-19)23(16-24,17-27-21(25)26)14-18-9-7-6-8-10-18/h6-10,19-20H,11-15,17H2,1-5H3,(H2,25,26). The smallest absolute Gasteiger partial charge is 0.404 e. The maximum Gasteiger partial charge on any atom is 0.404 e. The Morgan fingerprint density at radius 3 is 2.45 bits per heavy atom. The van der Waals surface area contributed by atoms with Crippen LogP contribution in [0.4, 0.5) is 4.79 Å². The third-order valence-electron chi connectivity index (χ3n) is 6.87. The van der Waals surface area contributed by atoms with Gasteiger partial charge >= 0.3 is 6.09 Å². The number of hydrogen-bond donors (Lipinski definition) is 1. The average molecular weight is 417 g/mol. The summed E-state index contributed by atoms with van der Waals surface area (Å²) in [5.74, 6) is 0.589. The van der Waals surface area contributed by atoms with Gasteiger partial charge in [0.25, 0.3) is 0 Å². The predicted octanol–water partition coefficient (Wildman–Crippen LogP) is 5.27. The first kappa shape index (κ1) is 23.4. The molecule has 0 radical (unpaired) electrons. The van der Waals surface area contributed by atoms with Gasteiger partial charge in [-0.25, -0.2) is 4.79 Å². The summed E-state index contributed by atoms with van der Waals surface area (Å²) in [4.78, 5) is 11.3. The topological polar surface area (TPSA) is 85.3 Å². The molecule has 1 aromatic rings. The molecule has 1 fully saturated rings. The molecule has 5 nitrogen and oxygen atoms in total. The van der Waals surface area contributed by atoms with Crippen LogP contribution < -0.4 is 5.73 Å². The molecule has 3 atom stereocenters. The van der Waals surface area contributed by atoms with Crippen molar-refractivity contribution in [3.63, 3.8) is 0 Å². The molecule has 0 aromatic heterocycles. The number of rotatable bonds is 8. The first-order valence-electron chi connectivity index (χ1n) is 10.5. The Bertz CT molecular complexity index is 724. The van der Waals surface area contributed by atoms with Gasteiger partial charge in [-0.2, -0.15) is 5.26 Å². The van der Waals surface area contributed by atoms with E-state index in [1.807, 2.05) is 30.3 Å². The maximum absolute atomic E-state index is 11.3. The monoisotopic (exact) mass is 416 g/mol. The molecule has 1 saturated carbocycles. The molecule has 1 aliphatic carbocycles. The van der Waals surface area contributed by atoms with E-state index < -0.39 is 19.8 Å². The zero-order chi connectivity index (χ0) is 21.7. The van der Waals surface area contributed by atoms with Crippen molar-refractivity contribution < 1.29 is 14.0 Å². The number of primary amides is 1. The van der Waals surface area contributed by atoms with Crippen molar-refractivity contribution in [2.45, 2.75) is 64.6 Å². The van der Waals surface area contributed by atoms with Crippen LogP contribution in [0.5, 0.6) is 0 Å². The van der Waals surface area contributed by atoms with Gasteiger partial charge in [-0.1, -0.05) is 51.1 Å². The van der Waals surface area contributed by atoms with E-state index in [0.29, 0.717) is 12.3 Å². The van der Waals surface area contributed by atoms with E-state index in [1.165, 1.54) is 0 Å². The first-order valence-corrected chi connectivity index (χ1v) is 13.4. The zero-order valence-electron chi connectivity index (χ0n) is 18.5. The number of amides is 1. The zero-order valence-corrected chi connectivity index (χ0v) is 19.5. The fourth-order valence-corrected chi connectivity index (χ4v) is 4.99. The van der Waals surface area contributed by atoms with Crippen molar-refractivity contribution in [1.29, 1.82) is 5.26 Å². The molecule has 3 unspecified atom stereocenters. The second kappa shape index (κ2) is 9.31. The van der Waals surface area contributed by atoms with Gasteiger partial charge in [0, 0.05) is 6.61 Å². The highest BCUT2D eigenvalue weighted by Gasteiger charge is 2.45. The molecule has 2 rings (SSSR count). The van der Waals surface area contributed by atoms with E-state index >= 15 is 0 Å². The minimum Gasteiger partial charge on any atom is -0.448 e. The van der Waals surface area contributed by atoms with E-state index in [4.69, 9.17) is 14.9 Å². The Kier molecular flexibility index (Phi) is 7.53. The Balaban J connectivity index is 2.11. The molecule has 0 bridgehead atoms.